The number of rotatable bonds is 8. The number of nitrogens with zero attached hydrogens (tertiary/aromatic N) is 3. The predicted octanol–water partition coefficient (Wildman–Crippen LogP) is 4.55. The highest BCUT2D eigenvalue weighted by molar-refractivity contribution is 6.01. The van der Waals surface area contributed by atoms with Gasteiger partial charge in [-0.1, -0.05) is 18.2 Å². The molecule has 36 heavy (non-hydrogen) atoms. The normalized spacial score (nSPS) is 10.8. The fraction of sp³-hybridized carbons (Fsp3) is 0.259. The van der Waals surface area contributed by atoms with Gasteiger partial charge in [0.25, 0.3) is 5.91 Å². The molecule has 2 heterocycles. The van der Waals surface area contributed by atoms with E-state index in [-0.39, 0.29) is 24.6 Å². The maximum Gasteiger partial charge on any atom is 0.343 e. The van der Waals surface area contributed by atoms with Crippen LogP contribution >= 0.6 is 0 Å². The lowest BCUT2D eigenvalue weighted by Gasteiger charge is -2.14. The van der Waals surface area contributed by atoms with Crippen LogP contribution in [-0.2, 0) is 9.53 Å². The van der Waals surface area contributed by atoms with Crippen LogP contribution < -0.4 is 14.8 Å². The minimum atomic E-state index is -0.607. The fourth-order valence-corrected chi connectivity index (χ4v) is 3.98. The Labute approximate surface area is 209 Å². The van der Waals surface area contributed by atoms with Crippen molar-refractivity contribution in [1.82, 2.24) is 14.8 Å². The zero-order valence-corrected chi connectivity index (χ0v) is 20.9. The van der Waals surface area contributed by atoms with E-state index in [1.54, 1.807) is 14.0 Å². The number of pyridine rings is 1. The average molecular weight is 489 g/mol. The standard InChI is InChI=1S/C27H28N4O5/c1-6-35-27(33)21-14-28-31(23-13-18(4)20-8-7-9-22(34-5)25(20)29-23)26(21)30-24(32)15-36-19-11-16(2)10-17(3)12-19/h7-14H,6,15H2,1-5H3,(H,30,32). The van der Waals surface area contributed by atoms with Crippen molar-refractivity contribution >= 4 is 28.6 Å². The zero-order valence-electron chi connectivity index (χ0n) is 20.9. The number of amides is 1. The monoisotopic (exact) mass is 488 g/mol. The van der Waals surface area contributed by atoms with E-state index in [2.05, 4.69) is 10.4 Å². The summed E-state index contributed by atoms with van der Waals surface area (Å²) in [5.74, 6) is 0.665. The van der Waals surface area contributed by atoms with E-state index in [4.69, 9.17) is 19.2 Å². The summed E-state index contributed by atoms with van der Waals surface area (Å²) in [6.07, 6.45) is 1.35. The van der Waals surface area contributed by atoms with Crippen LogP contribution in [0, 0.1) is 20.8 Å². The van der Waals surface area contributed by atoms with Crippen LogP contribution in [0.3, 0.4) is 0 Å². The highest BCUT2D eigenvalue weighted by Crippen LogP contribution is 2.29. The van der Waals surface area contributed by atoms with Crippen molar-refractivity contribution in [1.29, 1.82) is 0 Å². The predicted molar refractivity (Wildman–Crippen MR) is 136 cm³/mol. The van der Waals surface area contributed by atoms with Gasteiger partial charge in [-0.2, -0.15) is 9.78 Å². The van der Waals surface area contributed by atoms with Crippen LogP contribution in [0.25, 0.3) is 16.7 Å². The minimum Gasteiger partial charge on any atom is -0.494 e. The lowest BCUT2D eigenvalue weighted by Crippen LogP contribution is -2.23. The molecule has 2 aromatic heterocycles. The Hall–Kier alpha value is -4.40. The largest absolute Gasteiger partial charge is 0.494 e. The highest BCUT2D eigenvalue weighted by Gasteiger charge is 2.23. The molecule has 0 bridgehead atoms. The zero-order chi connectivity index (χ0) is 25.8. The fourth-order valence-electron chi connectivity index (χ4n) is 3.98. The topological polar surface area (TPSA) is 105 Å². The van der Waals surface area contributed by atoms with Crippen molar-refractivity contribution in [2.45, 2.75) is 27.7 Å². The molecule has 9 nitrogen and oxygen atoms in total. The first-order chi connectivity index (χ1) is 17.3. The van der Waals surface area contributed by atoms with Gasteiger partial charge in [0.2, 0.25) is 0 Å². The minimum absolute atomic E-state index is 0.108. The molecule has 0 aliphatic carbocycles. The third-order valence-corrected chi connectivity index (χ3v) is 5.52. The molecule has 1 amide bonds. The number of esters is 1. The van der Waals surface area contributed by atoms with E-state index in [1.165, 1.54) is 10.9 Å². The summed E-state index contributed by atoms with van der Waals surface area (Å²) in [7, 11) is 1.58. The van der Waals surface area contributed by atoms with E-state index < -0.39 is 11.9 Å². The summed E-state index contributed by atoms with van der Waals surface area (Å²) in [6.45, 7) is 7.48. The molecule has 4 aromatic rings. The maximum absolute atomic E-state index is 12.9. The van der Waals surface area contributed by atoms with Gasteiger partial charge < -0.3 is 19.5 Å². The Morgan fingerprint density at radius 2 is 1.81 bits per heavy atom. The first kappa shape index (κ1) is 24.7. The number of ether oxygens (including phenoxy) is 3. The number of para-hydroxylation sites is 1. The number of methoxy groups -OCH3 is 1. The number of aromatic nitrogens is 3. The maximum atomic E-state index is 12.9. The molecule has 0 aliphatic heterocycles. The lowest BCUT2D eigenvalue weighted by atomic mass is 10.1. The lowest BCUT2D eigenvalue weighted by molar-refractivity contribution is -0.118. The van der Waals surface area contributed by atoms with Gasteiger partial charge in [-0.3, -0.25) is 4.79 Å². The van der Waals surface area contributed by atoms with Crippen molar-refractivity contribution in [2.75, 3.05) is 25.6 Å². The molecule has 1 N–H and O–H groups in total. The Kier molecular flexibility index (Phi) is 7.19. The molecule has 0 unspecified atom stereocenters. The van der Waals surface area contributed by atoms with Crippen LogP contribution in [0.2, 0.25) is 0 Å². The second-order valence-corrected chi connectivity index (χ2v) is 8.35. The van der Waals surface area contributed by atoms with Crippen molar-refractivity contribution < 1.29 is 23.8 Å². The number of nitrogens with one attached hydrogen (secondary N) is 1. The van der Waals surface area contributed by atoms with Gasteiger partial charge >= 0.3 is 5.97 Å². The molecular weight excluding hydrogens is 460 g/mol. The van der Waals surface area contributed by atoms with Gasteiger partial charge in [-0.25, -0.2) is 9.78 Å². The quantitative estimate of drug-likeness (QED) is 0.363. The van der Waals surface area contributed by atoms with Gasteiger partial charge in [0.15, 0.2) is 18.2 Å². The third kappa shape index (κ3) is 5.14. The van der Waals surface area contributed by atoms with Gasteiger partial charge in [0.05, 0.1) is 19.9 Å². The number of aryl methyl sites for hydroxylation is 3. The smallest absolute Gasteiger partial charge is 0.343 e. The number of carbonyl (C=O) groups excluding carboxylic acids is 2. The molecule has 4 rings (SSSR count). The number of fused-ring (bicyclic) bond motifs is 1. The number of hydrogen-bond acceptors (Lipinski definition) is 7. The summed E-state index contributed by atoms with van der Waals surface area (Å²) >= 11 is 0. The molecule has 186 valence electrons. The van der Waals surface area contributed by atoms with E-state index >= 15 is 0 Å². The first-order valence-corrected chi connectivity index (χ1v) is 11.5. The summed E-state index contributed by atoms with van der Waals surface area (Å²) in [5.41, 5.74) is 3.73. The van der Waals surface area contributed by atoms with Crippen LogP contribution in [0.5, 0.6) is 11.5 Å². The van der Waals surface area contributed by atoms with Gasteiger partial charge in [-0.15, -0.1) is 0 Å². The molecule has 2 aromatic carbocycles. The van der Waals surface area contributed by atoms with Gasteiger partial charge in [-0.05, 0) is 68.7 Å². The molecule has 0 saturated heterocycles. The number of hydrogen-bond donors (Lipinski definition) is 1. The average Bonchev–Trinajstić information content (AvgIpc) is 3.25. The van der Waals surface area contributed by atoms with Crippen molar-refractivity contribution in [2.24, 2.45) is 0 Å². The van der Waals surface area contributed by atoms with Crippen LogP contribution in [0.1, 0.15) is 34.0 Å². The van der Waals surface area contributed by atoms with E-state index in [0.29, 0.717) is 22.8 Å². The second kappa shape index (κ2) is 10.5. The van der Waals surface area contributed by atoms with E-state index in [9.17, 15) is 9.59 Å². The Bertz CT molecular complexity index is 1420. The van der Waals surface area contributed by atoms with Gasteiger partial charge in [0, 0.05) is 5.39 Å². The summed E-state index contributed by atoms with van der Waals surface area (Å²) in [6, 6.07) is 13.2. The third-order valence-electron chi connectivity index (χ3n) is 5.52. The molecule has 0 aliphatic rings. The Morgan fingerprint density at radius 1 is 1.06 bits per heavy atom. The van der Waals surface area contributed by atoms with Crippen molar-refractivity contribution in [3.05, 3.63) is 70.9 Å². The number of anilines is 1. The molecule has 0 radical (unpaired) electrons. The Balaban J connectivity index is 1.70. The van der Waals surface area contributed by atoms with Gasteiger partial charge in [0.1, 0.15) is 22.6 Å². The summed E-state index contributed by atoms with van der Waals surface area (Å²) in [5, 5.41) is 8.02. The Morgan fingerprint density at radius 3 is 2.50 bits per heavy atom. The second-order valence-electron chi connectivity index (χ2n) is 8.35. The summed E-state index contributed by atoms with van der Waals surface area (Å²) < 4.78 is 17.7. The van der Waals surface area contributed by atoms with Crippen LogP contribution in [0.4, 0.5) is 5.82 Å². The molecule has 0 spiro atoms. The molecule has 0 atom stereocenters. The highest BCUT2D eigenvalue weighted by atomic mass is 16.5. The molecular formula is C27H28N4O5. The number of carbonyl (C=O) groups is 2. The van der Waals surface area contributed by atoms with Crippen molar-refractivity contribution in [3.8, 4) is 17.3 Å². The van der Waals surface area contributed by atoms with Crippen LogP contribution in [0.15, 0.2) is 48.7 Å². The molecule has 9 heteroatoms. The van der Waals surface area contributed by atoms with Crippen LogP contribution in [-0.4, -0.2) is 47.0 Å². The summed E-state index contributed by atoms with van der Waals surface area (Å²) in [4.78, 5) is 30.2. The van der Waals surface area contributed by atoms with Crippen molar-refractivity contribution in [3.63, 3.8) is 0 Å². The first-order valence-electron chi connectivity index (χ1n) is 11.5. The molecule has 0 fully saturated rings. The van der Waals surface area contributed by atoms with E-state index in [1.807, 2.05) is 63.2 Å². The SMILES string of the molecule is CCOC(=O)c1cnn(-c2cc(C)c3cccc(OC)c3n2)c1NC(=O)COc1cc(C)cc(C)c1. The number of benzene rings is 2. The molecule has 0 saturated carbocycles. The van der Waals surface area contributed by atoms with E-state index in [0.717, 1.165) is 22.1 Å².